The number of hydrogen-bond acceptors (Lipinski definition) is 5. The first-order chi connectivity index (χ1) is 19.1. The molecule has 41 heavy (non-hydrogen) atoms. The molecule has 6 heteroatoms. The molecule has 221 valence electrons. The topological polar surface area (TPSA) is 72.3 Å². The number of benzene rings is 2. The number of ketones is 1. The molecule has 0 fully saturated rings. The van der Waals surface area contributed by atoms with E-state index in [1.807, 2.05) is 33.8 Å². The third-order valence-corrected chi connectivity index (χ3v) is 7.44. The smallest absolute Gasteiger partial charge is 0.224 e. The van der Waals surface area contributed by atoms with Crippen LogP contribution in [-0.2, 0) is 30.3 Å². The molecule has 0 saturated heterocycles. The van der Waals surface area contributed by atoms with Gasteiger partial charge in [-0.05, 0) is 71.1 Å². The monoisotopic (exact) mass is 732 g/mol. The van der Waals surface area contributed by atoms with Crippen LogP contribution in [0.5, 0.6) is 11.6 Å². The van der Waals surface area contributed by atoms with Crippen LogP contribution >= 0.6 is 0 Å². The second kappa shape index (κ2) is 15.8. The summed E-state index contributed by atoms with van der Waals surface area (Å²) in [6.07, 6.45) is 10.0. The molecule has 0 aliphatic carbocycles. The average Bonchev–Trinajstić information content (AvgIpc) is 2.94. The molecule has 1 radical (unpaired) electrons. The van der Waals surface area contributed by atoms with E-state index in [-0.39, 0.29) is 48.9 Å². The van der Waals surface area contributed by atoms with Gasteiger partial charge in [-0.1, -0.05) is 78.9 Å². The molecular weight excluding hydrogens is 689 g/mol. The maximum absolute atomic E-state index is 11.7. The van der Waals surface area contributed by atoms with E-state index < -0.39 is 0 Å². The Labute approximate surface area is 258 Å². The van der Waals surface area contributed by atoms with Gasteiger partial charge in [-0.3, -0.25) is 4.79 Å². The molecule has 0 atom stereocenters. The minimum Gasteiger partial charge on any atom is -0.512 e. The van der Waals surface area contributed by atoms with Crippen molar-refractivity contribution in [2.45, 2.75) is 79.6 Å². The zero-order valence-electron chi connectivity index (χ0n) is 25.3. The number of allylic oxidation sites excluding steroid dienone is 2. The van der Waals surface area contributed by atoms with Gasteiger partial charge in [-0.2, -0.15) is 6.07 Å². The van der Waals surface area contributed by atoms with Gasteiger partial charge in [-0.15, -0.1) is 6.07 Å². The van der Waals surface area contributed by atoms with Crippen molar-refractivity contribution < 1.29 is 34.7 Å². The van der Waals surface area contributed by atoms with Crippen LogP contribution in [0.3, 0.4) is 0 Å². The van der Waals surface area contributed by atoms with Crippen LogP contribution in [0.2, 0.25) is 0 Å². The third kappa shape index (κ3) is 8.70. The van der Waals surface area contributed by atoms with E-state index in [1.54, 1.807) is 24.7 Å². The number of aliphatic hydroxyl groups is 1. The van der Waals surface area contributed by atoms with Gasteiger partial charge in [0.15, 0.2) is 5.78 Å². The van der Waals surface area contributed by atoms with Gasteiger partial charge in [0.2, 0.25) is 5.88 Å². The molecule has 1 N–H and O–H groups in total. The second-order valence-corrected chi connectivity index (χ2v) is 11.1. The summed E-state index contributed by atoms with van der Waals surface area (Å²) >= 11 is 0. The van der Waals surface area contributed by atoms with Crippen molar-refractivity contribution in [1.82, 2.24) is 9.97 Å². The van der Waals surface area contributed by atoms with Gasteiger partial charge < -0.3 is 14.8 Å². The number of fused-ring (bicyclic) bond motifs is 3. The third-order valence-electron chi connectivity index (χ3n) is 7.44. The maximum atomic E-state index is 11.7. The number of nitrogens with zero attached hydrogens (tertiary/aromatic N) is 2. The first kappa shape index (κ1) is 34.1. The molecule has 4 rings (SSSR count). The number of aromatic nitrogens is 2. The Morgan fingerprint density at radius 3 is 2.12 bits per heavy atom. The van der Waals surface area contributed by atoms with Crippen molar-refractivity contribution in [3.8, 4) is 11.6 Å². The first-order valence-electron chi connectivity index (χ1n) is 14.4. The zero-order valence-corrected chi connectivity index (χ0v) is 27.7. The summed E-state index contributed by atoms with van der Waals surface area (Å²) in [6.45, 7) is 14.8. The average molecular weight is 732 g/mol. The van der Waals surface area contributed by atoms with Gasteiger partial charge in [0, 0.05) is 55.3 Å². The molecule has 0 amide bonds. The quantitative estimate of drug-likeness (QED) is 0.0804. The predicted octanol–water partition coefficient (Wildman–Crippen LogP) is 9.54. The van der Waals surface area contributed by atoms with E-state index in [0.29, 0.717) is 11.6 Å². The Morgan fingerprint density at radius 1 is 0.902 bits per heavy atom. The molecule has 0 bridgehead atoms. The molecule has 0 unspecified atom stereocenters. The van der Waals surface area contributed by atoms with Gasteiger partial charge >= 0.3 is 0 Å². The van der Waals surface area contributed by atoms with Crippen LogP contribution < -0.4 is 4.74 Å². The Kier molecular flexibility index (Phi) is 13.1. The van der Waals surface area contributed by atoms with E-state index in [9.17, 15) is 9.90 Å². The fourth-order valence-corrected chi connectivity index (χ4v) is 4.98. The molecule has 5 nitrogen and oxygen atoms in total. The Balaban J connectivity index is 0.000000320. The van der Waals surface area contributed by atoms with Crippen LogP contribution in [0.25, 0.3) is 21.5 Å². The Hall–Kier alpha value is -3.08. The van der Waals surface area contributed by atoms with Crippen molar-refractivity contribution >= 4 is 27.3 Å². The Bertz CT molecular complexity index is 1440. The molecule has 0 saturated carbocycles. The van der Waals surface area contributed by atoms with Crippen molar-refractivity contribution in [3.05, 3.63) is 84.5 Å². The number of rotatable bonds is 9. The molecule has 0 aliphatic heterocycles. The summed E-state index contributed by atoms with van der Waals surface area (Å²) in [5.74, 6) is 1.68. The number of aliphatic hydroxyl groups excluding tert-OH is 1. The number of pyridine rings is 2. The summed E-state index contributed by atoms with van der Waals surface area (Å²) in [7, 11) is 0. The van der Waals surface area contributed by atoms with E-state index in [4.69, 9.17) is 4.74 Å². The van der Waals surface area contributed by atoms with Gasteiger partial charge in [0.25, 0.3) is 0 Å². The number of carbonyl (C=O) groups excluding carboxylic acids is 1. The van der Waals surface area contributed by atoms with Gasteiger partial charge in [0.1, 0.15) is 0 Å². The standard InChI is InChI=1S/C22H19N2O.C13H24O2.Ir/c1-22(2,3)20-8-4-7-16-17-11-13-24-21(19(17)10-9-18(16)20)25-15-6-5-12-23-14-15;1-5-10(6-2)12(14)9-13(15)11(7-3)8-4;/h4-5,7-14H,1-3H3;9-11,14H,5-8H2,1-4H3;/q-1;;/b;12-9-;. The number of hydrogen-bond donors (Lipinski definition) is 1. The van der Waals surface area contributed by atoms with Crippen molar-refractivity contribution in [2.75, 3.05) is 0 Å². The molecule has 0 aliphatic rings. The van der Waals surface area contributed by atoms with Crippen molar-refractivity contribution in [2.24, 2.45) is 11.8 Å². The zero-order chi connectivity index (χ0) is 29.3. The van der Waals surface area contributed by atoms with Crippen LogP contribution in [0, 0.1) is 17.9 Å². The normalized spacial score (nSPS) is 11.8. The van der Waals surface area contributed by atoms with Gasteiger partial charge in [0.05, 0.1) is 5.76 Å². The van der Waals surface area contributed by atoms with E-state index in [0.717, 1.165) is 36.5 Å². The molecular formula is C35H43IrN2O3-. The van der Waals surface area contributed by atoms with E-state index >= 15 is 0 Å². The minimum atomic E-state index is 0. The van der Waals surface area contributed by atoms with Crippen LogP contribution in [0.1, 0.15) is 79.7 Å². The van der Waals surface area contributed by atoms with Crippen molar-refractivity contribution in [1.29, 1.82) is 0 Å². The Morgan fingerprint density at radius 2 is 1.54 bits per heavy atom. The number of carbonyl (C=O) groups is 1. The number of ether oxygens (including phenoxy) is 1. The first-order valence-corrected chi connectivity index (χ1v) is 14.4. The van der Waals surface area contributed by atoms with Crippen LogP contribution in [0.15, 0.2) is 72.9 Å². The molecule has 2 heterocycles. The van der Waals surface area contributed by atoms with Crippen LogP contribution in [-0.4, -0.2) is 20.9 Å². The SMILES string of the molecule is CC(C)(C)c1cccc2c1ccc1c(Oc3[c-]ccnc3)nccc12.CCC(CC)C(=O)/C=C(\O)C(CC)CC.[Ir]. The van der Waals surface area contributed by atoms with Crippen LogP contribution in [0.4, 0.5) is 0 Å². The van der Waals surface area contributed by atoms with E-state index in [1.165, 1.54) is 22.4 Å². The second-order valence-electron chi connectivity index (χ2n) is 11.1. The summed E-state index contributed by atoms with van der Waals surface area (Å²) in [6, 6.07) is 17.5. The largest absolute Gasteiger partial charge is 0.512 e. The molecule has 0 spiro atoms. The minimum absolute atomic E-state index is 0. The predicted molar refractivity (Wildman–Crippen MR) is 165 cm³/mol. The van der Waals surface area contributed by atoms with E-state index in [2.05, 4.69) is 67.1 Å². The van der Waals surface area contributed by atoms with Gasteiger partial charge in [-0.25, -0.2) is 4.98 Å². The fraction of sp³-hybridized carbons (Fsp3) is 0.400. The molecule has 2 aromatic heterocycles. The van der Waals surface area contributed by atoms with Crippen molar-refractivity contribution in [3.63, 3.8) is 0 Å². The summed E-state index contributed by atoms with van der Waals surface area (Å²) < 4.78 is 5.91. The molecule has 4 aromatic rings. The summed E-state index contributed by atoms with van der Waals surface area (Å²) in [5, 5.41) is 14.4. The molecule has 2 aromatic carbocycles. The summed E-state index contributed by atoms with van der Waals surface area (Å²) in [5.41, 5.74) is 1.43. The summed E-state index contributed by atoms with van der Waals surface area (Å²) in [4.78, 5) is 20.2. The maximum Gasteiger partial charge on any atom is 0.224 e. The fourth-order valence-electron chi connectivity index (χ4n) is 4.98.